The Labute approximate surface area is 103 Å². The van der Waals surface area contributed by atoms with E-state index in [2.05, 4.69) is 4.90 Å². The van der Waals surface area contributed by atoms with Crippen molar-refractivity contribution in [3.63, 3.8) is 0 Å². The second kappa shape index (κ2) is 7.97. The number of likely N-dealkylation sites (N-methyl/N-ethyl adjacent to an activating group) is 1. The van der Waals surface area contributed by atoms with E-state index in [0.717, 1.165) is 26.3 Å². The Morgan fingerprint density at radius 2 is 1.82 bits per heavy atom. The first kappa shape index (κ1) is 14.8. The maximum absolute atomic E-state index is 9.92. The van der Waals surface area contributed by atoms with Crippen molar-refractivity contribution >= 4 is 0 Å². The molecule has 0 radical (unpaired) electrons. The van der Waals surface area contributed by atoms with Gasteiger partial charge in [0.15, 0.2) is 0 Å². The Kier molecular flexibility index (Phi) is 6.94. The van der Waals surface area contributed by atoms with Crippen LogP contribution in [0.1, 0.15) is 0 Å². The van der Waals surface area contributed by atoms with Gasteiger partial charge in [-0.25, -0.2) is 0 Å². The Morgan fingerprint density at radius 1 is 1.24 bits per heavy atom. The Balaban J connectivity index is 2.16. The summed E-state index contributed by atoms with van der Waals surface area (Å²) in [6.45, 7) is 5.21. The van der Waals surface area contributed by atoms with Gasteiger partial charge in [0.25, 0.3) is 0 Å². The van der Waals surface area contributed by atoms with Crippen LogP contribution >= 0.6 is 0 Å². The standard InChI is InChI=1S/C11H25N3O3/c1-13(7-10(15)6-12)8-11(16)9-14-2-4-17-5-3-14/h10-11,15-16H,2-9,12H2,1H3. The number of hydrogen-bond acceptors (Lipinski definition) is 6. The number of morpholine rings is 1. The van der Waals surface area contributed by atoms with Gasteiger partial charge in [0, 0.05) is 39.3 Å². The molecule has 1 aliphatic heterocycles. The third-order valence-electron chi connectivity index (χ3n) is 2.89. The molecule has 0 saturated carbocycles. The van der Waals surface area contributed by atoms with Gasteiger partial charge in [-0.2, -0.15) is 0 Å². The van der Waals surface area contributed by atoms with Gasteiger partial charge >= 0.3 is 0 Å². The van der Waals surface area contributed by atoms with E-state index in [1.165, 1.54) is 0 Å². The van der Waals surface area contributed by atoms with Gasteiger partial charge in [0.1, 0.15) is 0 Å². The van der Waals surface area contributed by atoms with Gasteiger partial charge < -0.3 is 25.6 Å². The van der Waals surface area contributed by atoms with Crippen LogP contribution < -0.4 is 5.73 Å². The molecule has 6 nitrogen and oxygen atoms in total. The molecule has 6 heteroatoms. The fourth-order valence-corrected chi connectivity index (χ4v) is 2.01. The molecule has 0 amide bonds. The first-order valence-electron chi connectivity index (χ1n) is 6.16. The zero-order chi connectivity index (χ0) is 12.7. The van der Waals surface area contributed by atoms with Crippen LogP contribution in [0.2, 0.25) is 0 Å². The van der Waals surface area contributed by atoms with Crippen LogP contribution in [0.3, 0.4) is 0 Å². The monoisotopic (exact) mass is 247 g/mol. The lowest BCUT2D eigenvalue weighted by Gasteiger charge is -2.30. The van der Waals surface area contributed by atoms with Gasteiger partial charge in [0.2, 0.25) is 0 Å². The van der Waals surface area contributed by atoms with Crippen LogP contribution in [0.15, 0.2) is 0 Å². The Bertz CT molecular complexity index is 200. The highest BCUT2D eigenvalue weighted by atomic mass is 16.5. The highest BCUT2D eigenvalue weighted by molar-refractivity contribution is 4.71. The molecule has 0 aliphatic carbocycles. The molecular weight excluding hydrogens is 222 g/mol. The van der Waals surface area contributed by atoms with E-state index in [1.807, 2.05) is 11.9 Å². The van der Waals surface area contributed by atoms with Crippen molar-refractivity contribution in [1.82, 2.24) is 9.80 Å². The number of nitrogens with zero attached hydrogens (tertiary/aromatic N) is 2. The summed E-state index contributed by atoms with van der Waals surface area (Å²) in [4.78, 5) is 4.10. The number of β-amino-alcohol motifs (C(OH)–C–C–N with tert-alkyl or cyclic N) is 1. The molecule has 102 valence electrons. The fraction of sp³-hybridized carbons (Fsp3) is 1.00. The lowest BCUT2D eigenvalue weighted by atomic mass is 10.2. The molecule has 1 rings (SSSR count). The highest BCUT2D eigenvalue weighted by Gasteiger charge is 2.16. The van der Waals surface area contributed by atoms with Crippen molar-refractivity contribution in [3.05, 3.63) is 0 Å². The Morgan fingerprint density at radius 3 is 2.41 bits per heavy atom. The number of nitrogens with two attached hydrogens (primary N) is 1. The minimum absolute atomic E-state index is 0.254. The van der Waals surface area contributed by atoms with Gasteiger partial charge in [-0.3, -0.25) is 4.90 Å². The predicted molar refractivity (Wildman–Crippen MR) is 65.8 cm³/mol. The highest BCUT2D eigenvalue weighted by Crippen LogP contribution is 2.00. The van der Waals surface area contributed by atoms with Crippen LogP contribution in [0, 0.1) is 0 Å². The second-order valence-corrected chi connectivity index (χ2v) is 4.68. The number of ether oxygens (including phenoxy) is 1. The average molecular weight is 247 g/mol. The molecule has 1 aliphatic rings. The molecule has 4 N–H and O–H groups in total. The molecule has 1 heterocycles. The van der Waals surface area contributed by atoms with Crippen LogP contribution in [-0.2, 0) is 4.74 Å². The second-order valence-electron chi connectivity index (χ2n) is 4.68. The smallest absolute Gasteiger partial charge is 0.0793 e. The molecule has 17 heavy (non-hydrogen) atoms. The third-order valence-corrected chi connectivity index (χ3v) is 2.89. The summed E-state index contributed by atoms with van der Waals surface area (Å²) >= 11 is 0. The molecule has 0 aromatic rings. The molecule has 0 spiro atoms. The molecule has 0 bridgehead atoms. The van der Waals surface area contributed by atoms with E-state index in [9.17, 15) is 10.2 Å². The quantitative estimate of drug-likeness (QED) is 0.479. The first-order chi connectivity index (χ1) is 8.11. The van der Waals surface area contributed by atoms with Crippen molar-refractivity contribution in [3.8, 4) is 0 Å². The maximum Gasteiger partial charge on any atom is 0.0793 e. The average Bonchev–Trinajstić information content (AvgIpc) is 2.29. The van der Waals surface area contributed by atoms with Crippen LogP contribution in [0.5, 0.6) is 0 Å². The molecule has 2 unspecified atom stereocenters. The molecule has 0 aromatic heterocycles. The van der Waals surface area contributed by atoms with Crippen molar-refractivity contribution < 1.29 is 14.9 Å². The summed E-state index contributed by atoms with van der Waals surface area (Å²) in [5, 5.41) is 19.3. The topological polar surface area (TPSA) is 82.2 Å². The molecule has 0 aromatic carbocycles. The molecule has 1 fully saturated rings. The van der Waals surface area contributed by atoms with Crippen molar-refractivity contribution in [2.24, 2.45) is 5.73 Å². The minimum Gasteiger partial charge on any atom is -0.390 e. The van der Waals surface area contributed by atoms with Gasteiger partial charge in [-0.1, -0.05) is 0 Å². The lowest BCUT2D eigenvalue weighted by Crippen LogP contribution is -2.45. The predicted octanol–water partition coefficient (Wildman–Crippen LogP) is -2.07. The van der Waals surface area contributed by atoms with Gasteiger partial charge in [-0.15, -0.1) is 0 Å². The van der Waals surface area contributed by atoms with Crippen molar-refractivity contribution in [2.75, 3.05) is 59.5 Å². The zero-order valence-electron chi connectivity index (χ0n) is 10.6. The Hall–Kier alpha value is -0.240. The van der Waals surface area contributed by atoms with E-state index < -0.39 is 12.2 Å². The minimum atomic E-state index is -0.518. The van der Waals surface area contributed by atoms with E-state index in [-0.39, 0.29) is 6.54 Å². The van der Waals surface area contributed by atoms with Crippen LogP contribution in [0.25, 0.3) is 0 Å². The number of aliphatic hydroxyl groups is 2. The fourth-order valence-electron chi connectivity index (χ4n) is 2.01. The summed E-state index contributed by atoms with van der Waals surface area (Å²) in [7, 11) is 1.88. The molecule has 2 atom stereocenters. The number of aliphatic hydroxyl groups excluding tert-OH is 2. The zero-order valence-corrected chi connectivity index (χ0v) is 10.6. The normalized spacial score (nSPS) is 21.7. The van der Waals surface area contributed by atoms with E-state index >= 15 is 0 Å². The van der Waals surface area contributed by atoms with E-state index in [1.54, 1.807) is 0 Å². The summed E-state index contributed by atoms with van der Waals surface area (Å²) in [6, 6.07) is 0. The maximum atomic E-state index is 9.92. The number of rotatable bonds is 7. The first-order valence-corrected chi connectivity index (χ1v) is 6.16. The van der Waals surface area contributed by atoms with Gasteiger partial charge in [-0.05, 0) is 7.05 Å². The van der Waals surface area contributed by atoms with Crippen LogP contribution in [0.4, 0.5) is 0 Å². The van der Waals surface area contributed by atoms with Gasteiger partial charge in [0.05, 0.1) is 25.4 Å². The summed E-state index contributed by atoms with van der Waals surface area (Å²) < 4.78 is 5.25. The van der Waals surface area contributed by atoms with E-state index in [4.69, 9.17) is 10.5 Å². The summed E-state index contributed by atoms with van der Waals surface area (Å²) in [6.07, 6.45) is -0.918. The summed E-state index contributed by atoms with van der Waals surface area (Å²) in [5.41, 5.74) is 5.34. The van der Waals surface area contributed by atoms with Crippen molar-refractivity contribution in [2.45, 2.75) is 12.2 Å². The summed E-state index contributed by atoms with van der Waals surface area (Å²) in [5.74, 6) is 0. The molecule has 1 saturated heterocycles. The lowest BCUT2D eigenvalue weighted by molar-refractivity contribution is 0.00601. The third kappa shape index (κ3) is 6.30. The SMILES string of the molecule is CN(CC(O)CN)CC(O)CN1CCOCC1. The molecular formula is C11H25N3O3. The largest absolute Gasteiger partial charge is 0.390 e. The number of hydrogen-bond donors (Lipinski definition) is 3. The van der Waals surface area contributed by atoms with Crippen LogP contribution in [-0.4, -0.2) is 91.8 Å². The van der Waals surface area contributed by atoms with Crippen molar-refractivity contribution in [1.29, 1.82) is 0 Å². The van der Waals surface area contributed by atoms with E-state index in [0.29, 0.717) is 19.6 Å².